The number of ether oxygens (including phenoxy) is 2. The zero-order valence-corrected chi connectivity index (χ0v) is 17.3. The number of hydrogen-bond donors (Lipinski definition) is 0. The Bertz CT molecular complexity index is 913. The second-order valence-electron chi connectivity index (χ2n) is 7.72. The van der Waals surface area contributed by atoms with Gasteiger partial charge in [0.25, 0.3) is 0 Å². The van der Waals surface area contributed by atoms with Crippen molar-refractivity contribution in [3.05, 3.63) is 46.5 Å². The largest absolute Gasteiger partial charge is 0.497 e. The fourth-order valence-electron chi connectivity index (χ4n) is 4.44. The third kappa shape index (κ3) is 2.89. The van der Waals surface area contributed by atoms with Crippen LogP contribution in [0.5, 0.6) is 11.5 Å². The quantitative estimate of drug-likeness (QED) is 0.808. The molecule has 0 amide bonds. The maximum atomic E-state index is 12.6. The number of ketones is 1. The van der Waals surface area contributed by atoms with Crippen molar-refractivity contribution in [3.63, 3.8) is 0 Å². The highest BCUT2D eigenvalue weighted by Crippen LogP contribution is 2.42. The van der Waals surface area contributed by atoms with Crippen LogP contribution in [0.25, 0.3) is 0 Å². The van der Waals surface area contributed by atoms with Gasteiger partial charge in [0.05, 0.1) is 12.7 Å². The molecular formula is C23H28N2O3. The smallest absolute Gasteiger partial charge is 0.207 e. The highest BCUT2D eigenvalue weighted by atomic mass is 16.5. The summed E-state index contributed by atoms with van der Waals surface area (Å²) in [5, 5.41) is 0. The standard InChI is InChI=1S/C23H28N2O3/c1-14-15(2)23-20(22(26)17(4)28-23)16(3)21(14)25-12-10-24(11-13-25)18-6-8-19(27-5)9-7-18/h6-9,17H,10-13H2,1-5H3. The molecule has 148 valence electrons. The summed E-state index contributed by atoms with van der Waals surface area (Å²) in [4.78, 5) is 17.5. The van der Waals surface area contributed by atoms with E-state index in [0.29, 0.717) is 0 Å². The number of fused-ring (bicyclic) bond motifs is 1. The van der Waals surface area contributed by atoms with Gasteiger partial charge in [-0.2, -0.15) is 0 Å². The summed E-state index contributed by atoms with van der Waals surface area (Å²) in [6.45, 7) is 11.9. The third-order valence-corrected chi connectivity index (χ3v) is 6.16. The number of carbonyl (C=O) groups is 1. The second kappa shape index (κ2) is 7.04. The van der Waals surface area contributed by atoms with Gasteiger partial charge in [0.15, 0.2) is 6.10 Å². The molecule has 1 saturated heterocycles. The molecule has 0 bridgehead atoms. The highest BCUT2D eigenvalue weighted by Gasteiger charge is 2.35. The van der Waals surface area contributed by atoms with Crippen LogP contribution in [0.3, 0.4) is 0 Å². The molecule has 28 heavy (non-hydrogen) atoms. The zero-order chi connectivity index (χ0) is 20.0. The number of anilines is 2. The zero-order valence-electron chi connectivity index (χ0n) is 17.3. The molecule has 2 aromatic rings. The van der Waals surface area contributed by atoms with Crippen LogP contribution >= 0.6 is 0 Å². The van der Waals surface area contributed by atoms with Crippen LogP contribution in [0, 0.1) is 20.8 Å². The van der Waals surface area contributed by atoms with E-state index in [1.807, 2.05) is 19.1 Å². The number of piperazine rings is 1. The van der Waals surface area contributed by atoms with Gasteiger partial charge < -0.3 is 19.3 Å². The normalized spacial score (nSPS) is 18.9. The summed E-state index contributed by atoms with van der Waals surface area (Å²) in [5.74, 6) is 1.77. The average Bonchev–Trinajstić information content (AvgIpc) is 3.02. The minimum absolute atomic E-state index is 0.105. The van der Waals surface area contributed by atoms with Crippen molar-refractivity contribution < 1.29 is 14.3 Å². The topological polar surface area (TPSA) is 42.0 Å². The molecule has 0 aliphatic carbocycles. The molecule has 0 aromatic heterocycles. The van der Waals surface area contributed by atoms with Crippen molar-refractivity contribution in [2.24, 2.45) is 0 Å². The van der Waals surface area contributed by atoms with Crippen molar-refractivity contribution >= 4 is 17.2 Å². The predicted molar refractivity (Wildman–Crippen MR) is 112 cm³/mol. The van der Waals surface area contributed by atoms with Crippen LogP contribution in [0.1, 0.15) is 34.0 Å². The first-order chi connectivity index (χ1) is 13.4. The minimum atomic E-state index is -0.381. The molecule has 0 N–H and O–H groups in total. The third-order valence-electron chi connectivity index (χ3n) is 6.16. The average molecular weight is 380 g/mol. The summed E-state index contributed by atoms with van der Waals surface area (Å²) < 4.78 is 11.1. The molecule has 2 heterocycles. The van der Waals surface area contributed by atoms with E-state index in [0.717, 1.165) is 54.4 Å². The summed E-state index contributed by atoms with van der Waals surface area (Å²) in [6, 6.07) is 8.24. The van der Waals surface area contributed by atoms with E-state index < -0.39 is 0 Å². The molecule has 5 nitrogen and oxygen atoms in total. The lowest BCUT2D eigenvalue weighted by Crippen LogP contribution is -2.47. The molecule has 5 heteroatoms. The molecule has 2 aromatic carbocycles. The number of methoxy groups -OCH3 is 1. The van der Waals surface area contributed by atoms with E-state index in [9.17, 15) is 4.79 Å². The maximum absolute atomic E-state index is 12.6. The molecule has 1 fully saturated rings. The molecule has 0 radical (unpaired) electrons. The number of carbonyl (C=O) groups excluding carboxylic acids is 1. The van der Waals surface area contributed by atoms with Crippen LogP contribution in [-0.2, 0) is 0 Å². The minimum Gasteiger partial charge on any atom is -0.497 e. The molecular weight excluding hydrogens is 352 g/mol. The van der Waals surface area contributed by atoms with Gasteiger partial charge in [0, 0.05) is 37.6 Å². The van der Waals surface area contributed by atoms with Crippen molar-refractivity contribution in [3.8, 4) is 11.5 Å². The number of Topliss-reactive ketones (excluding diaryl/α,β-unsaturated/α-hetero) is 1. The molecule has 0 spiro atoms. The van der Waals surface area contributed by atoms with E-state index in [4.69, 9.17) is 9.47 Å². The fraction of sp³-hybridized carbons (Fsp3) is 0.435. The van der Waals surface area contributed by atoms with Gasteiger partial charge >= 0.3 is 0 Å². The van der Waals surface area contributed by atoms with Gasteiger partial charge in [-0.05, 0) is 68.7 Å². The van der Waals surface area contributed by atoms with Crippen LogP contribution < -0.4 is 19.3 Å². The Hall–Kier alpha value is -2.69. The van der Waals surface area contributed by atoms with Gasteiger partial charge in [-0.3, -0.25) is 4.79 Å². The summed E-state index contributed by atoms with van der Waals surface area (Å²) in [5.41, 5.74) is 6.57. The molecule has 2 aliphatic rings. The Morgan fingerprint density at radius 1 is 0.929 bits per heavy atom. The summed E-state index contributed by atoms with van der Waals surface area (Å²) in [7, 11) is 1.69. The van der Waals surface area contributed by atoms with Gasteiger partial charge in [-0.15, -0.1) is 0 Å². The van der Waals surface area contributed by atoms with E-state index in [2.05, 4.69) is 42.7 Å². The number of hydrogen-bond acceptors (Lipinski definition) is 5. The Labute approximate surface area is 166 Å². The Morgan fingerprint density at radius 2 is 1.54 bits per heavy atom. The monoisotopic (exact) mass is 380 g/mol. The van der Waals surface area contributed by atoms with Gasteiger partial charge in [-0.1, -0.05) is 0 Å². The highest BCUT2D eigenvalue weighted by molar-refractivity contribution is 6.07. The van der Waals surface area contributed by atoms with Crippen LogP contribution in [0.4, 0.5) is 11.4 Å². The van der Waals surface area contributed by atoms with E-state index in [1.165, 1.54) is 16.9 Å². The lowest BCUT2D eigenvalue weighted by atomic mass is 9.93. The van der Waals surface area contributed by atoms with Gasteiger partial charge in [-0.25, -0.2) is 0 Å². The van der Waals surface area contributed by atoms with E-state index in [-0.39, 0.29) is 11.9 Å². The van der Waals surface area contributed by atoms with Crippen molar-refractivity contribution in [1.29, 1.82) is 0 Å². The SMILES string of the molecule is COc1ccc(N2CCN(c3c(C)c(C)c4c(c3C)C(=O)C(C)O4)CC2)cc1. The fourth-order valence-corrected chi connectivity index (χ4v) is 4.44. The molecule has 1 unspecified atom stereocenters. The van der Waals surface area contributed by atoms with Crippen LogP contribution in [0.15, 0.2) is 24.3 Å². The Balaban J connectivity index is 1.58. The predicted octanol–water partition coefficient (Wildman–Crippen LogP) is 3.91. The van der Waals surface area contributed by atoms with E-state index in [1.54, 1.807) is 7.11 Å². The Morgan fingerprint density at radius 3 is 2.14 bits per heavy atom. The lowest BCUT2D eigenvalue weighted by molar-refractivity contribution is 0.0878. The second-order valence-corrected chi connectivity index (χ2v) is 7.72. The number of benzene rings is 2. The van der Waals surface area contributed by atoms with Crippen LogP contribution in [0.2, 0.25) is 0 Å². The van der Waals surface area contributed by atoms with Crippen molar-refractivity contribution in [1.82, 2.24) is 0 Å². The molecule has 1 atom stereocenters. The summed E-state index contributed by atoms with van der Waals surface area (Å²) in [6.07, 6.45) is -0.381. The summed E-state index contributed by atoms with van der Waals surface area (Å²) >= 11 is 0. The lowest BCUT2D eigenvalue weighted by Gasteiger charge is -2.39. The number of nitrogens with zero attached hydrogens (tertiary/aromatic N) is 2. The maximum Gasteiger partial charge on any atom is 0.207 e. The van der Waals surface area contributed by atoms with Crippen LogP contribution in [-0.4, -0.2) is 45.2 Å². The first-order valence-corrected chi connectivity index (χ1v) is 9.91. The van der Waals surface area contributed by atoms with E-state index >= 15 is 0 Å². The van der Waals surface area contributed by atoms with Gasteiger partial charge in [0.1, 0.15) is 11.5 Å². The molecule has 0 saturated carbocycles. The van der Waals surface area contributed by atoms with Gasteiger partial charge in [0.2, 0.25) is 5.78 Å². The van der Waals surface area contributed by atoms with Crippen molar-refractivity contribution in [2.75, 3.05) is 43.1 Å². The number of rotatable bonds is 3. The first kappa shape index (κ1) is 18.7. The Kier molecular flexibility index (Phi) is 4.69. The molecule has 2 aliphatic heterocycles. The molecule has 4 rings (SSSR count). The van der Waals surface area contributed by atoms with Crippen molar-refractivity contribution in [2.45, 2.75) is 33.8 Å². The first-order valence-electron chi connectivity index (χ1n) is 9.91.